The van der Waals surface area contributed by atoms with E-state index < -0.39 is 11.6 Å². The van der Waals surface area contributed by atoms with E-state index in [0.29, 0.717) is 12.1 Å². The normalized spacial score (nSPS) is 12.6. The van der Waals surface area contributed by atoms with E-state index in [1.54, 1.807) is 0 Å². The summed E-state index contributed by atoms with van der Waals surface area (Å²) in [6.45, 7) is 2.50. The molecule has 1 heterocycles. The van der Waals surface area contributed by atoms with Crippen LogP contribution in [0.1, 0.15) is 30.8 Å². The lowest BCUT2D eigenvalue weighted by Crippen LogP contribution is -2.21. The van der Waals surface area contributed by atoms with Crippen LogP contribution in [0.3, 0.4) is 0 Å². The second-order valence-electron chi connectivity index (χ2n) is 4.38. The van der Waals surface area contributed by atoms with Crippen molar-refractivity contribution >= 4 is 0 Å². The van der Waals surface area contributed by atoms with E-state index in [1.165, 1.54) is 12.4 Å². The van der Waals surface area contributed by atoms with Gasteiger partial charge in [-0.15, -0.1) is 0 Å². The van der Waals surface area contributed by atoms with Crippen LogP contribution in [-0.2, 0) is 6.42 Å². The average molecular weight is 266 g/mol. The number of nitrogens with one attached hydrogen (secondary N) is 2. The molecule has 1 aromatic heterocycles. The van der Waals surface area contributed by atoms with E-state index in [2.05, 4.69) is 20.5 Å². The first kappa shape index (κ1) is 13.6. The Morgan fingerprint density at radius 2 is 2.21 bits per heavy atom. The van der Waals surface area contributed by atoms with E-state index in [4.69, 9.17) is 0 Å². The number of aryl methyl sites for hydroxylation is 1. The molecule has 19 heavy (non-hydrogen) atoms. The number of aromatic amines is 1. The monoisotopic (exact) mass is 266 g/mol. The SMILES string of the molecule is CC(NCCCc1ncn[nH]1)c1cc(F)ccc1F. The van der Waals surface area contributed by atoms with Gasteiger partial charge in [-0.05, 0) is 38.1 Å². The van der Waals surface area contributed by atoms with Gasteiger partial charge in [-0.2, -0.15) is 5.10 Å². The van der Waals surface area contributed by atoms with Gasteiger partial charge in [0.15, 0.2) is 0 Å². The summed E-state index contributed by atoms with van der Waals surface area (Å²) in [4.78, 5) is 4.01. The minimum atomic E-state index is -0.424. The van der Waals surface area contributed by atoms with Gasteiger partial charge in [0.25, 0.3) is 0 Å². The molecule has 0 aliphatic heterocycles. The van der Waals surface area contributed by atoms with Gasteiger partial charge in [-0.25, -0.2) is 13.8 Å². The van der Waals surface area contributed by atoms with Crippen molar-refractivity contribution in [1.29, 1.82) is 0 Å². The summed E-state index contributed by atoms with van der Waals surface area (Å²) in [6, 6.07) is 3.27. The van der Waals surface area contributed by atoms with Crippen molar-refractivity contribution in [3.05, 3.63) is 47.5 Å². The fraction of sp³-hybridized carbons (Fsp3) is 0.385. The first-order chi connectivity index (χ1) is 9.16. The molecule has 1 aromatic carbocycles. The van der Waals surface area contributed by atoms with Gasteiger partial charge in [-0.1, -0.05) is 0 Å². The van der Waals surface area contributed by atoms with Gasteiger partial charge in [0, 0.05) is 18.0 Å². The molecule has 0 saturated carbocycles. The van der Waals surface area contributed by atoms with Crippen LogP contribution in [0.5, 0.6) is 0 Å². The molecule has 4 nitrogen and oxygen atoms in total. The first-order valence-electron chi connectivity index (χ1n) is 6.19. The predicted molar refractivity (Wildman–Crippen MR) is 67.5 cm³/mol. The highest BCUT2D eigenvalue weighted by atomic mass is 19.1. The maximum Gasteiger partial charge on any atom is 0.137 e. The van der Waals surface area contributed by atoms with Crippen LogP contribution < -0.4 is 5.32 Å². The summed E-state index contributed by atoms with van der Waals surface area (Å²) in [7, 11) is 0. The predicted octanol–water partition coefficient (Wildman–Crippen LogP) is 2.37. The van der Waals surface area contributed by atoms with Gasteiger partial charge in [0.2, 0.25) is 0 Å². The summed E-state index contributed by atoms with van der Waals surface area (Å²) in [5.74, 6) is 0.00901. The van der Waals surface area contributed by atoms with Crippen molar-refractivity contribution in [2.24, 2.45) is 0 Å². The molecule has 0 bridgehead atoms. The number of H-pyrrole nitrogens is 1. The zero-order valence-corrected chi connectivity index (χ0v) is 10.7. The van der Waals surface area contributed by atoms with Crippen LogP contribution in [0.15, 0.2) is 24.5 Å². The Balaban J connectivity index is 1.80. The Bertz CT molecular complexity index is 513. The van der Waals surface area contributed by atoms with Crippen LogP contribution in [-0.4, -0.2) is 21.7 Å². The summed E-state index contributed by atoms with van der Waals surface area (Å²) in [6.07, 6.45) is 3.08. The second-order valence-corrected chi connectivity index (χ2v) is 4.38. The molecule has 2 N–H and O–H groups in total. The van der Waals surface area contributed by atoms with Crippen molar-refractivity contribution in [1.82, 2.24) is 20.5 Å². The van der Waals surface area contributed by atoms with Gasteiger partial charge in [0.05, 0.1) is 0 Å². The minimum Gasteiger partial charge on any atom is -0.310 e. The molecule has 0 saturated heterocycles. The molecule has 0 spiro atoms. The molecule has 6 heteroatoms. The Labute approximate surface area is 110 Å². The fourth-order valence-corrected chi connectivity index (χ4v) is 1.88. The molecule has 1 atom stereocenters. The number of hydrogen-bond acceptors (Lipinski definition) is 3. The van der Waals surface area contributed by atoms with Gasteiger partial charge < -0.3 is 5.32 Å². The molecule has 2 rings (SSSR count). The molecular formula is C13H16F2N4. The number of halogens is 2. The molecule has 0 amide bonds. The molecule has 102 valence electrons. The number of nitrogens with zero attached hydrogens (tertiary/aromatic N) is 2. The van der Waals surface area contributed by atoms with Crippen LogP contribution in [0.25, 0.3) is 0 Å². The van der Waals surface area contributed by atoms with Crippen LogP contribution in [0.4, 0.5) is 8.78 Å². The first-order valence-corrected chi connectivity index (χ1v) is 6.19. The van der Waals surface area contributed by atoms with E-state index in [0.717, 1.165) is 30.8 Å². The van der Waals surface area contributed by atoms with Crippen molar-refractivity contribution in [2.45, 2.75) is 25.8 Å². The molecule has 0 radical (unpaired) electrons. The fourth-order valence-electron chi connectivity index (χ4n) is 1.88. The Morgan fingerprint density at radius 1 is 1.37 bits per heavy atom. The lowest BCUT2D eigenvalue weighted by molar-refractivity contribution is 0.511. The number of hydrogen-bond donors (Lipinski definition) is 2. The zero-order valence-electron chi connectivity index (χ0n) is 10.7. The standard InChI is InChI=1S/C13H16F2N4/c1-9(11-7-10(14)4-5-12(11)15)16-6-2-3-13-17-8-18-19-13/h4-5,7-9,16H,2-3,6H2,1H3,(H,17,18,19). The summed E-state index contributed by atoms with van der Waals surface area (Å²) < 4.78 is 26.6. The lowest BCUT2D eigenvalue weighted by atomic mass is 10.1. The minimum absolute atomic E-state index is 0.231. The topological polar surface area (TPSA) is 53.6 Å². The number of rotatable bonds is 6. The second kappa shape index (κ2) is 6.38. The van der Waals surface area contributed by atoms with Crippen molar-refractivity contribution in [3.63, 3.8) is 0 Å². The third-order valence-electron chi connectivity index (χ3n) is 2.93. The van der Waals surface area contributed by atoms with Gasteiger partial charge in [0.1, 0.15) is 23.8 Å². The highest BCUT2D eigenvalue weighted by Crippen LogP contribution is 2.17. The Morgan fingerprint density at radius 3 is 2.95 bits per heavy atom. The van der Waals surface area contributed by atoms with Crippen molar-refractivity contribution in [2.75, 3.05) is 6.54 Å². The van der Waals surface area contributed by atoms with Gasteiger partial charge >= 0.3 is 0 Å². The third kappa shape index (κ3) is 3.82. The Hall–Kier alpha value is -1.82. The smallest absolute Gasteiger partial charge is 0.137 e. The van der Waals surface area contributed by atoms with E-state index in [-0.39, 0.29) is 6.04 Å². The molecule has 0 fully saturated rings. The molecule has 0 aliphatic rings. The maximum atomic E-state index is 13.5. The lowest BCUT2D eigenvalue weighted by Gasteiger charge is -2.14. The van der Waals surface area contributed by atoms with E-state index in [1.807, 2.05) is 6.92 Å². The Kier molecular flexibility index (Phi) is 4.57. The van der Waals surface area contributed by atoms with Crippen molar-refractivity contribution in [3.8, 4) is 0 Å². The number of benzene rings is 1. The highest BCUT2D eigenvalue weighted by molar-refractivity contribution is 5.21. The molecule has 1 unspecified atom stereocenters. The summed E-state index contributed by atoms with van der Waals surface area (Å²) in [5, 5.41) is 9.69. The largest absolute Gasteiger partial charge is 0.310 e. The number of aromatic nitrogens is 3. The quantitative estimate of drug-likeness (QED) is 0.789. The van der Waals surface area contributed by atoms with E-state index >= 15 is 0 Å². The van der Waals surface area contributed by atoms with Gasteiger partial charge in [-0.3, -0.25) is 5.10 Å². The van der Waals surface area contributed by atoms with Crippen LogP contribution in [0.2, 0.25) is 0 Å². The van der Waals surface area contributed by atoms with Crippen LogP contribution in [0, 0.1) is 11.6 Å². The summed E-state index contributed by atoms with van der Waals surface area (Å²) in [5.41, 5.74) is 0.347. The van der Waals surface area contributed by atoms with E-state index in [9.17, 15) is 8.78 Å². The molecular weight excluding hydrogens is 250 g/mol. The van der Waals surface area contributed by atoms with Crippen LogP contribution >= 0.6 is 0 Å². The zero-order chi connectivity index (χ0) is 13.7. The average Bonchev–Trinajstić information content (AvgIpc) is 2.90. The molecule has 2 aromatic rings. The summed E-state index contributed by atoms with van der Waals surface area (Å²) >= 11 is 0. The van der Waals surface area contributed by atoms with Crippen molar-refractivity contribution < 1.29 is 8.78 Å². The third-order valence-corrected chi connectivity index (χ3v) is 2.93. The highest BCUT2D eigenvalue weighted by Gasteiger charge is 2.11. The molecule has 0 aliphatic carbocycles. The maximum absolute atomic E-state index is 13.5.